The lowest BCUT2D eigenvalue weighted by atomic mass is 9.70. The second-order valence-corrected chi connectivity index (χ2v) is 19.0. The van der Waals surface area contributed by atoms with E-state index in [1.54, 1.807) is 34.3 Å². The van der Waals surface area contributed by atoms with Gasteiger partial charge >= 0.3 is 5.97 Å². The van der Waals surface area contributed by atoms with Crippen molar-refractivity contribution in [2.75, 3.05) is 27.9 Å². The van der Waals surface area contributed by atoms with Gasteiger partial charge in [-0.25, -0.2) is 0 Å². The van der Waals surface area contributed by atoms with Crippen molar-refractivity contribution in [3.8, 4) is 0 Å². The molecule has 6 aliphatic heterocycles. The SMILES string of the molecule is CO[C@H]1C[C@H](O[C@H]2[C@H](C)O[C@@H](O[C@@H]3/C(C)=C\C[C@@H]4C[C@@H](C[C@]5(C=C[C@H](C)[C@@H](C(C)C)O5)O4)OC(=O)[C@@H]4C=C(C)[C@@H](OC)[C@H]5OC/C(=C/C=C\[C@@H]3C)[C@]54O)C[C@@H]2OC)O[C@@H](C)[C@@H]1O. The van der Waals surface area contributed by atoms with E-state index in [0.717, 1.165) is 11.1 Å². The van der Waals surface area contributed by atoms with Gasteiger partial charge < -0.3 is 62.3 Å². The molecular weight excluding hydrogens is 801 g/mol. The third-order valence-corrected chi connectivity index (χ3v) is 14.2. The third-order valence-electron chi connectivity index (χ3n) is 14.2. The van der Waals surface area contributed by atoms with Gasteiger partial charge in [0.1, 0.15) is 42.0 Å². The Balaban J connectivity index is 1.19. The van der Waals surface area contributed by atoms with Gasteiger partial charge in [0.05, 0.1) is 49.3 Å². The van der Waals surface area contributed by atoms with Crippen molar-refractivity contribution >= 4 is 5.97 Å². The number of fused-ring (bicyclic) bond motifs is 2. The average molecular weight is 873 g/mol. The van der Waals surface area contributed by atoms with Crippen LogP contribution in [-0.2, 0) is 56.9 Å². The Kier molecular flexibility index (Phi) is 15.1. The maximum Gasteiger partial charge on any atom is 0.316 e. The number of ether oxygens (including phenoxy) is 11. The highest BCUT2D eigenvalue weighted by molar-refractivity contribution is 5.78. The maximum atomic E-state index is 14.4. The fourth-order valence-electron chi connectivity index (χ4n) is 10.7. The largest absolute Gasteiger partial charge is 0.462 e. The number of aliphatic hydroxyl groups is 2. The minimum Gasteiger partial charge on any atom is -0.462 e. The Bertz CT molecular complexity index is 1720. The first-order chi connectivity index (χ1) is 29.5. The summed E-state index contributed by atoms with van der Waals surface area (Å²) in [5.74, 6) is -2.41. The third kappa shape index (κ3) is 9.64. The highest BCUT2D eigenvalue weighted by Gasteiger charge is 2.60. The van der Waals surface area contributed by atoms with Crippen LogP contribution in [0.15, 0.2) is 59.3 Å². The van der Waals surface area contributed by atoms with Crippen LogP contribution in [0, 0.1) is 23.7 Å². The number of hydrogen-bond donors (Lipinski definition) is 2. The lowest BCUT2D eigenvalue weighted by Crippen LogP contribution is -2.58. The van der Waals surface area contributed by atoms with Crippen molar-refractivity contribution in [1.29, 1.82) is 0 Å². The summed E-state index contributed by atoms with van der Waals surface area (Å²) in [4.78, 5) is 14.4. The van der Waals surface area contributed by atoms with E-state index < -0.39 is 90.8 Å². The molecule has 4 saturated heterocycles. The van der Waals surface area contributed by atoms with Gasteiger partial charge in [-0.05, 0) is 62.8 Å². The molecule has 348 valence electrons. The van der Waals surface area contributed by atoms with Crippen LogP contribution in [0.25, 0.3) is 0 Å². The van der Waals surface area contributed by atoms with Gasteiger partial charge in [-0.2, -0.15) is 0 Å². The number of aliphatic hydroxyl groups excluding tert-OH is 1. The molecule has 0 saturated carbocycles. The van der Waals surface area contributed by atoms with Crippen molar-refractivity contribution in [2.24, 2.45) is 23.7 Å². The molecule has 14 nitrogen and oxygen atoms in total. The minimum atomic E-state index is -1.71. The zero-order chi connectivity index (χ0) is 44.7. The lowest BCUT2D eigenvalue weighted by Gasteiger charge is -2.48. The molecule has 0 aromatic rings. The number of esters is 1. The van der Waals surface area contributed by atoms with Crippen LogP contribution in [0.5, 0.6) is 0 Å². The number of carbonyl (C=O) groups excluding carboxylic acids is 1. The number of carbonyl (C=O) groups is 1. The highest BCUT2D eigenvalue weighted by atomic mass is 16.7. The highest BCUT2D eigenvalue weighted by Crippen LogP contribution is 2.47. The second-order valence-electron chi connectivity index (χ2n) is 19.0. The molecule has 19 atom stereocenters. The van der Waals surface area contributed by atoms with E-state index in [2.05, 4.69) is 46.8 Å². The molecule has 0 aromatic heterocycles. The van der Waals surface area contributed by atoms with Crippen LogP contribution in [0.4, 0.5) is 0 Å². The van der Waals surface area contributed by atoms with Gasteiger partial charge in [0, 0.05) is 58.8 Å². The summed E-state index contributed by atoms with van der Waals surface area (Å²) in [6, 6.07) is 0. The van der Waals surface area contributed by atoms with Crippen molar-refractivity contribution in [3.05, 3.63) is 59.3 Å². The van der Waals surface area contributed by atoms with Crippen LogP contribution in [0.1, 0.15) is 87.5 Å². The summed E-state index contributed by atoms with van der Waals surface area (Å²) >= 11 is 0. The molecule has 2 N–H and O–H groups in total. The topological polar surface area (TPSA) is 159 Å². The van der Waals surface area contributed by atoms with Crippen molar-refractivity contribution in [2.45, 2.75) is 185 Å². The molecule has 0 radical (unpaired) electrons. The standard InChI is InChI=1S/C48H72O14/c1-25(2)41-28(5)17-18-47(62-41)23-34-20-33(61-47)16-15-27(4)42(59-39-22-37(53-10)44(31(8)57-39)60-38-21-36(52-9)40(49)30(7)56-38)26(3)13-12-14-32-24-55-45-43(54-11)29(6)19-35(46(50)58-34)48(32,45)51/h12-15,17-19,25-26,28,30-31,33-45,49,51H,16,20-24H2,1-11H3/b13-12-,27-15-,32-14-/t26-,28-,30-,31-,33+,34-,35-,36-,37-,38-,39-,40-,41+,42-,43+,44-,45+,47+,48+/m0/s1. The molecule has 7 aliphatic rings. The van der Waals surface area contributed by atoms with E-state index in [-0.39, 0.29) is 42.7 Å². The average Bonchev–Trinajstić information content (AvgIpc) is 3.56. The quantitative estimate of drug-likeness (QED) is 0.228. The lowest BCUT2D eigenvalue weighted by molar-refractivity contribution is -0.318. The van der Waals surface area contributed by atoms with Gasteiger partial charge in [-0.1, -0.05) is 64.2 Å². The number of methoxy groups -OCH3 is 3. The van der Waals surface area contributed by atoms with Crippen molar-refractivity contribution < 1.29 is 67.1 Å². The molecule has 1 spiro atoms. The second kappa shape index (κ2) is 19.7. The molecule has 14 heteroatoms. The van der Waals surface area contributed by atoms with Gasteiger partial charge in [-0.15, -0.1) is 0 Å². The van der Waals surface area contributed by atoms with E-state index >= 15 is 0 Å². The number of rotatable bonds is 8. The zero-order valence-corrected chi connectivity index (χ0v) is 38.5. The molecule has 0 amide bonds. The Morgan fingerprint density at radius 3 is 2.24 bits per heavy atom. The van der Waals surface area contributed by atoms with E-state index in [4.69, 9.17) is 52.1 Å². The summed E-state index contributed by atoms with van der Waals surface area (Å²) in [6.07, 6.45) is 8.94. The van der Waals surface area contributed by atoms with E-state index in [1.165, 1.54) is 0 Å². The molecule has 7 rings (SSSR count). The van der Waals surface area contributed by atoms with Gasteiger partial charge in [-0.3, -0.25) is 4.79 Å². The van der Waals surface area contributed by atoms with Crippen LogP contribution < -0.4 is 0 Å². The number of hydrogen-bond acceptors (Lipinski definition) is 14. The summed E-state index contributed by atoms with van der Waals surface area (Å²) in [5.41, 5.74) is 0.622. The van der Waals surface area contributed by atoms with Crippen molar-refractivity contribution in [3.63, 3.8) is 0 Å². The van der Waals surface area contributed by atoms with E-state index in [0.29, 0.717) is 37.7 Å². The van der Waals surface area contributed by atoms with Crippen LogP contribution in [0.2, 0.25) is 0 Å². The summed E-state index contributed by atoms with van der Waals surface area (Å²) < 4.78 is 69.7. The predicted molar refractivity (Wildman–Crippen MR) is 227 cm³/mol. The first-order valence-electron chi connectivity index (χ1n) is 22.7. The van der Waals surface area contributed by atoms with Crippen LogP contribution in [0.3, 0.4) is 0 Å². The summed E-state index contributed by atoms with van der Waals surface area (Å²) in [5, 5.41) is 23.2. The molecule has 2 bridgehead atoms. The van der Waals surface area contributed by atoms with Crippen LogP contribution >= 0.6 is 0 Å². The molecular formula is C48H72O14. The fraction of sp³-hybridized carbons (Fsp3) is 0.771. The predicted octanol–water partition coefficient (Wildman–Crippen LogP) is 5.64. The zero-order valence-electron chi connectivity index (χ0n) is 38.5. The Hall–Kier alpha value is -2.31. The van der Waals surface area contributed by atoms with Crippen molar-refractivity contribution in [1.82, 2.24) is 0 Å². The van der Waals surface area contributed by atoms with Crippen LogP contribution in [-0.4, -0.2) is 141 Å². The van der Waals surface area contributed by atoms with Gasteiger partial charge in [0.25, 0.3) is 0 Å². The Morgan fingerprint density at radius 2 is 1.53 bits per heavy atom. The fourth-order valence-corrected chi connectivity index (χ4v) is 10.7. The first-order valence-corrected chi connectivity index (χ1v) is 22.7. The van der Waals surface area contributed by atoms with Gasteiger partial charge in [0.15, 0.2) is 18.4 Å². The summed E-state index contributed by atoms with van der Waals surface area (Å²) in [7, 11) is 4.82. The van der Waals surface area contributed by atoms with Gasteiger partial charge in [0.2, 0.25) is 0 Å². The molecule has 0 unspecified atom stereocenters. The monoisotopic (exact) mass is 872 g/mol. The Morgan fingerprint density at radius 1 is 0.823 bits per heavy atom. The smallest absolute Gasteiger partial charge is 0.316 e. The first kappa shape index (κ1) is 47.6. The van der Waals surface area contributed by atoms with E-state index in [1.807, 2.05) is 38.2 Å². The maximum absolute atomic E-state index is 14.4. The molecule has 62 heavy (non-hydrogen) atoms. The molecule has 4 fully saturated rings. The Labute approximate surface area is 367 Å². The summed E-state index contributed by atoms with van der Waals surface area (Å²) in [6.45, 7) is 16.3. The molecule has 6 heterocycles. The normalized spacial score (nSPS) is 48.7. The number of allylic oxidation sites excluding steroid dienone is 2. The molecule has 1 aliphatic carbocycles. The van der Waals surface area contributed by atoms with E-state index in [9.17, 15) is 15.0 Å². The molecule has 0 aromatic carbocycles. The minimum absolute atomic E-state index is 0.0944.